The van der Waals surface area contributed by atoms with Gasteiger partial charge in [-0.2, -0.15) is 13.2 Å². The molecule has 2 unspecified atom stereocenters. The number of hydrogen-bond acceptors (Lipinski definition) is 9. The lowest BCUT2D eigenvalue weighted by atomic mass is 9.95. The van der Waals surface area contributed by atoms with Gasteiger partial charge in [-0.1, -0.05) is 0 Å². The van der Waals surface area contributed by atoms with Crippen LogP contribution in [0, 0.1) is 5.92 Å². The average Bonchev–Trinajstić information content (AvgIpc) is 3.67. The summed E-state index contributed by atoms with van der Waals surface area (Å²) in [5.74, 6) is -5.26. The van der Waals surface area contributed by atoms with Crippen LogP contribution in [-0.2, 0) is 38.1 Å². The van der Waals surface area contributed by atoms with Gasteiger partial charge in [0.25, 0.3) is 5.91 Å². The minimum atomic E-state index is -5.05. The number of nitrogens with one attached hydrogen (secondary N) is 1. The molecule has 1 saturated heterocycles. The van der Waals surface area contributed by atoms with E-state index in [4.69, 9.17) is 14.2 Å². The molecule has 0 saturated carbocycles. The zero-order valence-electron chi connectivity index (χ0n) is 21.2. The van der Waals surface area contributed by atoms with Crippen molar-refractivity contribution < 1.29 is 56.1 Å². The van der Waals surface area contributed by atoms with Crippen molar-refractivity contribution in [2.24, 2.45) is 5.92 Å². The lowest BCUT2D eigenvalue weighted by Crippen LogP contribution is -2.42. The molecule has 0 bridgehead atoms. The maximum absolute atomic E-state index is 12.7. The SMILES string of the molecule is COC(=O)CC[C@@H](C(=O)OC)C1OC1CC[C@H](NC(=O)c1ccc(N(C)C(=O)C(F)(F)F)cc1)C(=O)OC. The van der Waals surface area contributed by atoms with Gasteiger partial charge >= 0.3 is 30.0 Å². The number of ether oxygens (including phenoxy) is 4. The fraction of sp³-hybridized carbons (Fsp3) is 0.542. The van der Waals surface area contributed by atoms with Crippen molar-refractivity contribution in [3.63, 3.8) is 0 Å². The third-order valence-electron chi connectivity index (χ3n) is 6.00. The summed E-state index contributed by atoms with van der Waals surface area (Å²) in [4.78, 5) is 60.3. The highest BCUT2D eigenvalue weighted by molar-refractivity contribution is 5.99. The van der Waals surface area contributed by atoms with Crippen molar-refractivity contribution in [3.05, 3.63) is 29.8 Å². The van der Waals surface area contributed by atoms with Crippen molar-refractivity contribution in [1.29, 1.82) is 0 Å². The molecule has 0 aromatic heterocycles. The van der Waals surface area contributed by atoms with Crippen molar-refractivity contribution in [2.75, 3.05) is 33.3 Å². The number of carbonyl (C=O) groups is 5. The van der Waals surface area contributed by atoms with E-state index in [1.807, 2.05) is 0 Å². The summed E-state index contributed by atoms with van der Waals surface area (Å²) in [5, 5.41) is 2.51. The fourth-order valence-corrected chi connectivity index (χ4v) is 3.79. The molecule has 1 N–H and O–H groups in total. The van der Waals surface area contributed by atoms with E-state index in [1.165, 1.54) is 26.4 Å². The largest absolute Gasteiger partial charge is 0.471 e. The smallest absolute Gasteiger partial charge is 0.469 e. The van der Waals surface area contributed by atoms with Crippen LogP contribution < -0.4 is 10.2 Å². The predicted octanol–water partition coefficient (Wildman–Crippen LogP) is 1.77. The molecule has 1 aliphatic heterocycles. The molecule has 1 fully saturated rings. The Balaban J connectivity index is 1.99. The number of benzene rings is 1. The van der Waals surface area contributed by atoms with Crippen LogP contribution in [0.3, 0.4) is 0 Å². The van der Waals surface area contributed by atoms with Crippen molar-refractivity contribution in [2.45, 2.75) is 50.1 Å². The number of epoxide rings is 1. The summed E-state index contributed by atoms with van der Waals surface area (Å²) in [5.41, 5.74) is -0.0534. The maximum atomic E-state index is 12.7. The van der Waals surface area contributed by atoms with E-state index in [2.05, 4.69) is 10.1 Å². The summed E-state index contributed by atoms with van der Waals surface area (Å²) >= 11 is 0. The van der Waals surface area contributed by atoms with Crippen LogP contribution in [-0.4, -0.2) is 82.5 Å². The van der Waals surface area contributed by atoms with Gasteiger partial charge in [-0.3, -0.25) is 19.2 Å². The molecular formula is C24H29F3N2O9. The molecule has 0 radical (unpaired) electrons. The van der Waals surface area contributed by atoms with Crippen LogP contribution in [0.4, 0.5) is 18.9 Å². The zero-order valence-corrected chi connectivity index (χ0v) is 21.2. The molecule has 0 spiro atoms. The Morgan fingerprint density at radius 1 is 0.974 bits per heavy atom. The number of rotatable bonds is 12. The first-order valence-corrected chi connectivity index (χ1v) is 11.5. The van der Waals surface area contributed by atoms with Gasteiger partial charge in [-0.05, 0) is 43.5 Å². The Morgan fingerprint density at radius 2 is 1.58 bits per heavy atom. The Hall–Kier alpha value is -3.68. The number of amides is 2. The number of esters is 3. The molecular weight excluding hydrogens is 517 g/mol. The Kier molecular flexibility index (Phi) is 10.6. The highest BCUT2D eigenvalue weighted by atomic mass is 19.4. The molecule has 210 valence electrons. The first-order chi connectivity index (χ1) is 17.8. The van der Waals surface area contributed by atoms with Gasteiger partial charge in [-0.25, -0.2) is 4.79 Å². The summed E-state index contributed by atoms with van der Waals surface area (Å²) in [6.45, 7) is 0. The lowest BCUT2D eigenvalue weighted by Gasteiger charge is -2.19. The number of methoxy groups -OCH3 is 3. The van der Waals surface area contributed by atoms with Crippen LogP contribution >= 0.6 is 0 Å². The first kappa shape index (κ1) is 30.5. The molecule has 1 aliphatic rings. The molecule has 0 aliphatic carbocycles. The molecule has 1 aromatic rings. The number of carbonyl (C=O) groups excluding carboxylic acids is 5. The van der Waals surface area contributed by atoms with Gasteiger partial charge in [0.1, 0.15) is 6.04 Å². The predicted molar refractivity (Wildman–Crippen MR) is 124 cm³/mol. The summed E-state index contributed by atoms with van der Waals surface area (Å²) in [7, 11) is 4.53. The van der Waals surface area contributed by atoms with E-state index in [-0.39, 0.29) is 36.9 Å². The third-order valence-corrected chi connectivity index (χ3v) is 6.00. The van der Waals surface area contributed by atoms with Crippen LogP contribution in [0.1, 0.15) is 36.0 Å². The molecule has 2 rings (SSSR count). The molecule has 1 aromatic carbocycles. The fourth-order valence-electron chi connectivity index (χ4n) is 3.79. The highest BCUT2D eigenvalue weighted by Crippen LogP contribution is 2.36. The van der Waals surface area contributed by atoms with Gasteiger partial charge in [0.05, 0.1) is 39.5 Å². The van der Waals surface area contributed by atoms with Crippen molar-refractivity contribution in [3.8, 4) is 0 Å². The monoisotopic (exact) mass is 546 g/mol. The second kappa shape index (κ2) is 13.2. The zero-order chi connectivity index (χ0) is 28.6. The number of nitrogens with zero attached hydrogens (tertiary/aromatic N) is 1. The maximum Gasteiger partial charge on any atom is 0.471 e. The highest BCUT2D eigenvalue weighted by Gasteiger charge is 2.48. The molecule has 1 heterocycles. The quantitative estimate of drug-likeness (QED) is 0.236. The van der Waals surface area contributed by atoms with E-state index in [0.717, 1.165) is 26.3 Å². The number of alkyl halides is 3. The number of anilines is 1. The Labute approximate surface area is 216 Å². The number of hydrogen-bond donors (Lipinski definition) is 1. The van der Waals surface area contributed by atoms with E-state index in [0.29, 0.717) is 4.90 Å². The van der Waals surface area contributed by atoms with Gasteiger partial charge in [-0.15, -0.1) is 0 Å². The second-order valence-electron chi connectivity index (χ2n) is 8.42. The second-order valence-corrected chi connectivity index (χ2v) is 8.42. The molecule has 11 nitrogen and oxygen atoms in total. The average molecular weight is 546 g/mol. The summed E-state index contributed by atoms with van der Waals surface area (Å²) in [6, 6.07) is 3.66. The summed E-state index contributed by atoms with van der Waals surface area (Å²) in [6.07, 6.45) is -5.53. The van der Waals surface area contributed by atoms with Gasteiger partial charge in [0, 0.05) is 24.7 Å². The van der Waals surface area contributed by atoms with Gasteiger partial charge in [0.2, 0.25) is 0 Å². The van der Waals surface area contributed by atoms with Crippen molar-refractivity contribution in [1.82, 2.24) is 5.32 Å². The van der Waals surface area contributed by atoms with Crippen LogP contribution in [0.25, 0.3) is 0 Å². The minimum absolute atomic E-state index is 0.0113. The van der Waals surface area contributed by atoms with Crippen LogP contribution in [0.15, 0.2) is 24.3 Å². The lowest BCUT2D eigenvalue weighted by molar-refractivity contribution is -0.170. The van der Waals surface area contributed by atoms with Crippen LogP contribution in [0.2, 0.25) is 0 Å². The molecule has 38 heavy (non-hydrogen) atoms. The molecule has 4 atom stereocenters. The van der Waals surface area contributed by atoms with E-state index < -0.39 is 60.1 Å². The van der Waals surface area contributed by atoms with E-state index in [9.17, 15) is 37.1 Å². The normalized spacial score (nSPS) is 18.0. The topological polar surface area (TPSA) is 141 Å². The van der Waals surface area contributed by atoms with Gasteiger partial charge in [0.15, 0.2) is 0 Å². The van der Waals surface area contributed by atoms with E-state index in [1.54, 1.807) is 0 Å². The Bertz CT molecular complexity index is 1030. The van der Waals surface area contributed by atoms with Gasteiger partial charge < -0.3 is 29.2 Å². The standard InChI is InChI=1S/C24H29F3N2O9/c1-29(23(34)24(25,26)27)14-7-5-13(6-8-14)20(31)28-16(22(33)37-4)10-11-17-19(38-17)15(21(32)36-3)9-12-18(30)35-2/h5-8,15-17,19H,9-12H2,1-4H3,(H,28,31)/t15-,16+,17?,19?/m1/s1. The molecule has 2 amide bonds. The third kappa shape index (κ3) is 8.16. The summed E-state index contributed by atoms with van der Waals surface area (Å²) < 4.78 is 57.6. The Morgan fingerprint density at radius 3 is 2.11 bits per heavy atom. The van der Waals surface area contributed by atoms with Crippen molar-refractivity contribution >= 4 is 35.4 Å². The van der Waals surface area contributed by atoms with E-state index >= 15 is 0 Å². The first-order valence-electron chi connectivity index (χ1n) is 11.5. The molecule has 14 heteroatoms. The minimum Gasteiger partial charge on any atom is -0.469 e. The van der Waals surface area contributed by atoms with Crippen LogP contribution in [0.5, 0.6) is 0 Å². The number of halogens is 3.